The Hall–Kier alpha value is -2.08. The second kappa shape index (κ2) is 8.93. The van der Waals surface area contributed by atoms with E-state index in [9.17, 15) is 4.79 Å². The van der Waals surface area contributed by atoms with Crippen LogP contribution in [0.3, 0.4) is 0 Å². The van der Waals surface area contributed by atoms with Crippen molar-refractivity contribution in [3.63, 3.8) is 0 Å². The smallest absolute Gasteiger partial charge is 0.329 e. The molecule has 0 spiro atoms. The second-order valence-electron chi connectivity index (χ2n) is 3.88. The third kappa shape index (κ3) is 7.05. The van der Waals surface area contributed by atoms with Gasteiger partial charge >= 0.3 is 5.97 Å². The van der Waals surface area contributed by atoms with Crippen LogP contribution in [0.25, 0.3) is 0 Å². The van der Waals surface area contributed by atoms with Crippen molar-refractivity contribution in [2.45, 2.75) is 13.0 Å². The third-order valence-corrected chi connectivity index (χ3v) is 2.35. The molecule has 0 bridgehead atoms. The van der Waals surface area contributed by atoms with Gasteiger partial charge in [0.2, 0.25) is 0 Å². The fourth-order valence-corrected chi connectivity index (χ4v) is 1.44. The van der Waals surface area contributed by atoms with Gasteiger partial charge in [-0.2, -0.15) is 5.11 Å². The fraction of sp³-hybridized carbons (Fsp3) is 0.385. The summed E-state index contributed by atoms with van der Waals surface area (Å²) < 4.78 is 4.94. The zero-order chi connectivity index (χ0) is 13.9. The summed E-state index contributed by atoms with van der Waals surface area (Å²) >= 11 is 0. The molecule has 0 saturated carbocycles. The van der Waals surface area contributed by atoms with Crippen molar-refractivity contribution in [1.82, 2.24) is 0 Å². The summed E-state index contributed by atoms with van der Waals surface area (Å²) in [6.45, 7) is 0.716. The number of ether oxygens (including phenoxy) is 1. The van der Waals surface area contributed by atoms with Crippen LogP contribution < -0.4 is 0 Å². The van der Waals surface area contributed by atoms with E-state index in [1.807, 2.05) is 30.3 Å². The van der Waals surface area contributed by atoms with Crippen LogP contribution in [-0.2, 0) is 16.1 Å². The van der Waals surface area contributed by atoms with Gasteiger partial charge in [-0.1, -0.05) is 30.3 Å². The molecule has 1 rings (SSSR count). The van der Waals surface area contributed by atoms with E-state index in [1.54, 1.807) is 0 Å². The van der Waals surface area contributed by atoms with Crippen molar-refractivity contribution in [2.75, 3.05) is 19.8 Å². The first-order chi connectivity index (χ1) is 9.22. The molecular formula is C13H17N3O3. The molecule has 0 amide bonds. The molecule has 0 heterocycles. The molecule has 6 nitrogen and oxygen atoms in total. The van der Waals surface area contributed by atoms with Gasteiger partial charge < -0.3 is 9.84 Å². The second-order valence-corrected chi connectivity index (χ2v) is 3.88. The zero-order valence-corrected chi connectivity index (χ0v) is 10.6. The lowest BCUT2D eigenvalue weighted by atomic mass is 10.2. The van der Waals surface area contributed by atoms with E-state index in [2.05, 4.69) is 10.1 Å². The van der Waals surface area contributed by atoms with Gasteiger partial charge in [-0.05, 0) is 5.56 Å². The van der Waals surface area contributed by atoms with Gasteiger partial charge in [-0.15, -0.1) is 0 Å². The Kier molecular flexibility index (Phi) is 7.04. The van der Waals surface area contributed by atoms with Crippen molar-refractivity contribution < 1.29 is 14.6 Å². The zero-order valence-electron chi connectivity index (χ0n) is 10.6. The van der Waals surface area contributed by atoms with Crippen LogP contribution >= 0.6 is 0 Å². The first-order valence-electron chi connectivity index (χ1n) is 5.91. The summed E-state index contributed by atoms with van der Waals surface area (Å²) in [7, 11) is 0. The highest BCUT2D eigenvalue weighted by Gasteiger charge is 2.01. The van der Waals surface area contributed by atoms with E-state index >= 15 is 0 Å². The number of carboxylic acids is 1. The molecular weight excluding hydrogens is 246 g/mol. The summed E-state index contributed by atoms with van der Waals surface area (Å²) in [5.74, 6) is -0.993. The lowest BCUT2D eigenvalue weighted by Gasteiger charge is -2.04. The predicted molar refractivity (Wildman–Crippen MR) is 70.7 cm³/mol. The SMILES string of the molecule is N=NCC(CCOCC(=O)O)=NCc1ccccc1. The molecule has 2 N–H and O–H groups in total. The third-order valence-electron chi connectivity index (χ3n) is 2.35. The standard InChI is InChI=1S/C13H17N3O3/c14-16-9-12(6-7-19-10-13(17)18)15-8-11-4-2-1-3-5-11/h1-5,14H,6-10H2,(H,17,18). The first-order valence-corrected chi connectivity index (χ1v) is 5.91. The summed E-state index contributed by atoms with van der Waals surface area (Å²) in [4.78, 5) is 14.7. The Bertz CT molecular complexity index is 432. The molecule has 0 aliphatic rings. The highest BCUT2D eigenvalue weighted by atomic mass is 16.5. The van der Waals surface area contributed by atoms with Crippen LogP contribution in [0.5, 0.6) is 0 Å². The minimum absolute atomic E-state index is 0.225. The van der Waals surface area contributed by atoms with E-state index < -0.39 is 5.97 Å². The highest BCUT2D eigenvalue weighted by molar-refractivity contribution is 5.86. The quantitative estimate of drug-likeness (QED) is 0.406. The minimum Gasteiger partial charge on any atom is -0.480 e. The maximum Gasteiger partial charge on any atom is 0.329 e. The molecule has 0 aromatic heterocycles. The largest absolute Gasteiger partial charge is 0.480 e. The first kappa shape index (κ1) is 15.0. The Labute approximate surface area is 111 Å². The van der Waals surface area contributed by atoms with E-state index in [1.165, 1.54) is 0 Å². The number of aliphatic carboxylic acids is 1. The molecule has 0 saturated heterocycles. The summed E-state index contributed by atoms with van der Waals surface area (Å²) in [5, 5.41) is 11.7. The van der Waals surface area contributed by atoms with Gasteiger partial charge in [-0.25, -0.2) is 10.3 Å². The van der Waals surface area contributed by atoms with Gasteiger partial charge in [-0.3, -0.25) is 4.99 Å². The Morgan fingerprint density at radius 1 is 1.32 bits per heavy atom. The molecule has 0 fully saturated rings. The van der Waals surface area contributed by atoms with Gasteiger partial charge in [0.25, 0.3) is 0 Å². The predicted octanol–water partition coefficient (Wildman–Crippen LogP) is 2.15. The van der Waals surface area contributed by atoms with E-state index in [0.717, 1.165) is 11.3 Å². The summed E-state index contributed by atoms with van der Waals surface area (Å²) in [6.07, 6.45) is 0.489. The Morgan fingerprint density at radius 3 is 2.68 bits per heavy atom. The normalized spacial score (nSPS) is 11.3. The number of hydrogen-bond acceptors (Lipinski definition) is 5. The Balaban J connectivity index is 2.42. The number of nitrogens with zero attached hydrogens (tertiary/aromatic N) is 2. The average molecular weight is 263 g/mol. The molecule has 1 aromatic carbocycles. The molecule has 6 heteroatoms. The molecule has 102 valence electrons. The number of hydrogen-bond donors (Lipinski definition) is 2. The summed E-state index contributed by atoms with van der Waals surface area (Å²) in [5.41, 5.74) is 8.69. The summed E-state index contributed by atoms with van der Waals surface area (Å²) in [6, 6.07) is 9.76. The monoisotopic (exact) mass is 263 g/mol. The molecule has 19 heavy (non-hydrogen) atoms. The van der Waals surface area contributed by atoms with Crippen molar-refractivity contribution in [3.05, 3.63) is 35.9 Å². The van der Waals surface area contributed by atoms with Crippen LogP contribution in [0.15, 0.2) is 40.4 Å². The van der Waals surface area contributed by atoms with Crippen molar-refractivity contribution in [3.8, 4) is 0 Å². The number of carboxylic acid groups (broad SMARTS) is 1. The van der Waals surface area contributed by atoms with E-state index in [0.29, 0.717) is 13.0 Å². The Morgan fingerprint density at radius 2 is 2.05 bits per heavy atom. The van der Waals surface area contributed by atoms with E-state index in [-0.39, 0.29) is 19.8 Å². The minimum atomic E-state index is -0.993. The number of nitrogens with one attached hydrogen (secondary N) is 1. The molecule has 1 aromatic rings. The van der Waals surface area contributed by atoms with Crippen molar-refractivity contribution >= 4 is 11.7 Å². The van der Waals surface area contributed by atoms with Crippen LogP contribution in [0.1, 0.15) is 12.0 Å². The van der Waals surface area contributed by atoms with Crippen molar-refractivity contribution in [1.29, 1.82) is 5.53 Å². The molecule has 0 aliphatic carbocycles. The molecule has 0 atom stereocenters. The van der Waals surface area contributed by atoms with Gasteiger partial charge in [0.15, 0.2) is 0 Å². The van der Waals surface area contributed by atoms with Gasteiger partial charge in [0.05, 0.1) is 19.7 Å². The number of benzene rings is 1. The molecule has 0 aliphatic heterocycles. The molecule has 0 unspecified atom stereocenters. The highest BCUT2D eigenvalue weighted by Crippen LogP contribution is 2.02. The van der Waals surface area contributed by atoms with Crippen molar-refractivity contribution in [2.24, 2.45) is 10.1 Å². The fourth-order valence-electron chi connectivity index (χ4n) is 1.44. The van der Waals surface area contributed by atoms with Crippen LogP contribution in [-0.4, -0.2) is 36.5 Å². The van der Waals surface area contributed by atoms with Crippen LogP contribution in [0.4, 0.5) is 0 Å². The number of rotatable bonds is 9. The maximum atomic E-state index is 10.3. The topological polar surface area (TPSA) is 95.1 Å². The van der Waals surface area contributed by atoms with Gasteiger partial charge in [0, 0.05) is 12.1 Å². The lowest BCUT2D eigenvalue weighted by molar-refractivity contribution is -0.142. The maximum absolute atomic E-state index is 10.3. The molecule has 0 radical (unpaired) electrons. The average Bonchev–Trinajstić information content (AvgIpc) is 2.41. The lowest BCUT2D eigenvalue weighted by Crippen LogP contribution is -2.12. The number of aliphatic imine (C=N–C) groups is 1. The van der Waals surface area contributed by atoms with Crippen LogP contribution in [0, 0.1) is 5.53 Å². The van der Waals surface area contributed by atoms with Crippen LogP contribution in [0.2, 0.25) is 0 Å². The van der Waals surface area contributed by atoms with E-state index in [4.69, 9.17) is 15.4 Å². The van der Waals surface area contributed by atoms with Gasteiger partial charge in [0.1, 0.15) is 6.61 Å². The number of carbonyl (C=O) groups is 1.